The summed E-state index contributed by atoms with van der Waals surface area (Å²) in [5, 5.41) is 0. The number of Topliss-reactive ketones (excluding diaryl/α,β-unsaturated/α-hetero) is 1. The van der Waals surface area contributed by atoms with Gasteiger partial charge in [0.25, 0.3) is 0 Å². The summed E-state index contributed by atoms with van der Waals surface area (Å²) in [6.07, 6.45) is 3.52. The van der Waals surface area contributed by atoms with Crippen molar-refractivity contribution in [2.24, 2.45) is 5.92 Å². The number of carbonyl (C=O) groups is 1. The van der Waals surface area contributed by atoms with Crippen LogP contribution in [0.1, 0.15) is 35.5 Å². The van der Waals surface area contributed by atoms with Gasteiger partial charge in [0.05, 0.1) is 11.4 Å². The number of hydrogen-bond acceptors (Lipinski definition) is 2. The van der Waals surface area contributed by atoms with Gasteiger partial charge in [-0.05, 0) is 41.7 Å². The van der Waals surface area contributed by atoms with Crippen molar-refractivity contribution in [1.29, 1.82) is 0 Å². The lowest BCUT2D eigenvalue weighted by molar-refractivity contribution is 0.0940. The van der Waals surface area contributed by atoms with E-state index in [1.165, 1.54) is 11.1 Å². The molecule has 0 bridgehead atoms. The van der Waals surface area contributed by atoms with Gasteiger partial charge < -0.3 is 0 Å². The maximum absolute atomic E-state index is 12.9. The van der Waals surface area contributed by atoms with Crippen molar-refractivity contribution in [3.63, 3.8) is 0 Å². The highest BCUT2D eigenvalue weighted by molar-refractivity contribution is 6.03. The van der Waals surface area contributed by atoms with Gasteiger partial charge in [-0.2, -0.15) is 0 Å². The second-order valence-electron chi connectivity index (χ2n) is 6.37. The average molecular weight is 316 g/mol. The van der Waals surface area contributed by atoms with Crippen molar-refractivity contribution in [1.82, 2.24) is 9.55 Å². The van der Waals surface area contributed by atoms with Crippen LogP contribution in [0.5, 0.6) is 0 Å². The number of pyridine rings is 1. The van der Waals surface area contributed by atoms with E-state index < -0.39 is 0 Å². The van der Waals surface area contributed by atoms with Gasteiger partial charge in [0.15, 0.2) is 5.78 Å². The number of carbonyl (C=O) groups excluding carboxylic acids is 1. The third-order valence-electron chi connectivity index (χ3n) is 4.85. The first-order valence-electron chi connectivity index (χ1n) is 8.49. The molecule has 0 fully saturated rings. The lowest BCUT2D eigenvalue weighted by Crippen LogP contribution is -2.12. The smallest absolute Gasteiger partial charge is 0.183 e. The fourth-order valence-corrected chi connectivity index (χ4v) is 3.77. The lowest BCUT2D eigenvalue weighted by Gasteiger charge is -2.14. The highest BCUT2D eigenvalue weighted by Crippen LogP contribution is 2.40. The van der Waals surface area contributed by atoms with E-state index in [0.29, 0.717) is 0 Å². The minimum Gasteiger partial charge on any atom is -0.292 e. The first-order chi connectivity index (χ1) is 11.7. The number of aromatic nitrogens is 2. The maximum atomic E-state index is 12.9. The summed E-state index contributed by atoms with van der Waals surface area (Å²) in [6.45, 7) is 4.19. The molecule has 0 spiro atoms. The molecule has 0 aliphatic heterocycles. The average Bonchev–Trinajstić information content (AvgIpc) is 3.10. The molecule has 0 amide bonds. The molecular weight excluding hydrogens is 296 g/mol. The highest BCUT2D eigenvalue weighted by Gasteiger charge is 2.36. The van der Waals surface area contributed by atoms with Crippen LogP contribution in [0.3, 0.4) is 0 Å². The quantitative estimate of drug-likeness (QED) is 0.714. The molecule has 3 nitrogen and oxygen atoms in total. The Hall–Kier alpha value is -2.68. The van der Waals surface area contributed by atoms with Gasteiger partial charge in [-0.25, -0.2) is 4.98 Å². The molecule has 0 radical (unpaired) electrons. The predicted octanol–water partition coefficient (Wildman–Crippen LogP) is 4.48. The van der Waals surface area contributed by atoms with E-state index in [-0.39, 0.29) is 11.7 Å². The Balaban J connectivity index is 2.09. The van der Waals surface area contributed by atoms with Crippen LogP contribution in [0, 0.1) is 5.92 Å². The standard InChI is InChI=1S/C21H20N2O/c1-3-16-17-13-14(2)21(24)20(17)23(18-11-7-8-12-22-18)19(16)15-9-5-4-6-10-15/h4-12,14H,3,13H2,1-2H3. The Morgan fingerprint density at radius 1 is 1.08 bits per heavy atom. The zero-order valence-corrected chi connectivity index (χ0v) is 14.0. The van der Waals surface area contributed by atoms with Crippen LogP contribution in [0.25, 0.3) is 17.1 Å². The van der Waals surface area contributed by atoms with Crippen LogP contribution >= 0.6 is 0 Å². The minimum atomic E-state index is 0.0556. The van der Waals surface area contributed by atoms with Crippen molar-refractivity contribution in [2.45, 2.75) is 26.7 Å². The molecule has 4 rings (SSSR count). The second-order valence-corrected chi connectivity index (χ2v) is 6.37. The Labute approximate surface area is 142 Å². The van der Waals surface area contributed by atoms with Gasteiger partial charge in [-0.15, -0.1) is 0 Å². The summed E-state index contributed by atoms with van der Waals surface area (Å²) in [4.78, 5) is 17.4. The van der Waals surface area contributed by atoms with Crippen LogP contribution in [0.4, 0.5) is 0 Å². The molecular formula is C21H20N2O. The second kappa shape index (κ2) is 5.75. The maximum Gasteiger partial charge on any atom is 0.183 e. The number of fused-ring (bicyclic) bond motifs is 1. The van der Waals surface area contributed by atoms with Gasteiger partial charge >= 0.3 is 0 Å². The van der Waals surface area contributed by atoms with Crippen LogP contribution < -0.4 is 0 Å². The van der Waals surface area contributed by atoms with E-state index in [1.807, 2.05) is 43.3 Å². The summed E-state index contributed by atoms with van der Waals surface area (Å²) in [7, 11) is 0. The molecule has 1 aliphatic carbocycles. The monoisotopic (exact) mass is 316 g/mol. The molecule has 1 atom stereocenters. The zero-order chi connectivity index (χ0) is 16.7. The van der Waals surface area contributed by atoms with Crippen LogP contribution in [-0.2, 0) is 12.8 Å². The van der Waals surface area contributed by atoms with Gasteiger partial charge in [0.1, 0.15) is 5.82 Å². The molecule has 1 aliphatic rings. The predicted molar refractivity (Wildman–Crippen MR) is 95.6 cm³/mol. The topological polar surface area (TPSA) is 34.9 Å². The summed E-state index contributed by atoms with van der Waals surface area (Å²) >= 11 is 0. The normalized spacial score (nSPS) is 16.4. The summed E-state index contributed by atoms with van der Waals surface area (Å²) < 4.78 is 2.08. The van der Waals surface area contributed by atoms with E-state index in [9.17, 15) is 4.79 Å². The minimum absolute atomic E-state index is 0.0556. The summed E-state index contributed by atoms with van der Waals surface area (Å²) in [5.41, 5.74) is 5.56. The van der Waals surface area contributed by atoms with E-state index in [2.05, 4.69) is 28.6 Å². The Morgan fingerprint density at radius 2 is 1.83 bits per heavy atom. The van der Waals surface area contributed by atoms with Crippen molar-refractivity contribution in [3.05, 3.63) is 71.5 Å². The molecule has 0 N–H and O–H groups in total. The van der Waals surface area contributed by atoms with Crippen molar-refractivity contribution in [2.75, 3.05) is 0 Å². The van der Waals surface area contributed by atoms with Gasteiger partial charge in [0.2, 0.25) is 0 Å². The fourth-order valence-electron chi connectivity index (χ4n) is 3.77. The highest BCUT2D eigenvalue weighted by atomic mass is 16.1. The Bertz CT molecular complexity index is 895. The van der Waals surface area contributed by atoms with Crippen LogP contribution in [0.2, 0.25) is 0 Å². The number of ketones is 1. The molecule has 1 unspecified atom stereocenters. The number of benzene rings is 1. The molecule has 1 aromatic carbocycles. The van der Waals surface area contributed by atoms with E-state index in [1.54, 1.807) is 6.20 Å². The van der Waals surface area contributed by atoms with Crippen molar-refractivity contribution < 1.29 is 4.79 Å². The third-order valence-corrected chi connectivity index (χ3v) is 4.85. The van der Waals surface area contributed by atoms with E-state index in [0.717, 1.165) is 35.6 Å². The molecule has 2 heterocycles. The molecule has 120 valence electrons. The Kier molecular flexibility index (Phi) is 3.57. The molecule has 24 heavy (non-hydrogen) atoms. The zero-order valence-electron chi connectivity index (χ0n) is 14.0. The number of nitrogens with zero attached hydrogens (tertiary/aromatic N) is 2. The van der Waals surface area contributed by atoms with Crippen LogP contribution in [0.15, 0.2) is 54.7 Å². The van der Waals surface area contributed by atoms with Crippen molar-refractivity contribution >= 4 is 5.78 Å². The largest absolute Gasteiger partial charge is 0.292 e. The number of rotatable bonds is 3. The summed E-state index contributed by atoms with van der Waals surface area (Å²) in [5.74, 6) is 1.10. The fraction of sp³-hybridized carbons (Fsp3) is 0.238. The molecule has 3 heteroatoms. The number of hydrogen-bond donors (Lipinski definition) is 0. The van der Waals surface area contributed by atoms with Gasteiger partial charge in [-0.3, -0.25) is 9.36 Å². The van der Waals surface area contributed by atoms with E-state index >= 15 is 0 Å². The SMILES string of the molecule is CCc1c2c(n(-c3ccccn3)c1-c1ccccc1)C(=O)C(C)C2. The summed E-state index contributed by atoms with van der Waals surface area (Å²) in [6, 6.07) is 16.2. The van der Waals surface area contributed by atoms with Crippen LogP contribution in [-0.4, -0.2) is 15.3 Å². The molecule has 3 aromatic rings. The first kappa shape index (κ1) is 14.9. The van der Waals surface area contributed by atoms with E-state index in [4.69, 9.17) is 0 Å². The van der Waals surface area contributed by atoms with Gasteiger partial charge in [0, 0.05) is 12.1 Å². The first-order valence-corrected chi connectivity index (χ1v) is 8.49. The molecule has 0 saturated heterocycles. The van der Waals surface area contributed by atoms with Crippen molar-refractivity contribution in [3.8, 4) is 17.1 Å². The lowest BCUT2D eigenvalue weighted by atomic mass is 10.00. The molecule has 2 aromatic heterocycles. The Morgan fingerprint density at radius 3 is 2.50 bits per heavy atom. The molecule has 0 saturated carbocycles. The van der Waals surface area contributed by atoms with Gasteiger partial charge in [-0.1, -0.05) is 50.2 Å². The third kappa shape index (κ3) is 2.12.